The molecule has 0 amide bonds. The minimum atomic E-state index is 0.633. The highest BCUT2D eigenvalue weighted by Gasteiger charge is 2.28. The summed E-state index contributed by atoms with van der Waals surface area (Å²) in [5, 5.41) is 9.99. The van der Waals surface area contributed by atoms with E-state index < -0.39 is 0 Å². The molecule has 0 radical (unpaired) electrons. The van der Waals surface area contributed by atoms with Gasteiger partial charge in [-0.05, 0) is 49.2 Å². The Kier molecular flexibility index (Phi) is 2.83. The molecular formula is C11H13N3S. The molecule has 0 aliphatic heterocycles. The van der Waals surface area contributed by atoms with Crippen LogP contribution >= 0.6 is 11.5 Å². The van der Waals surface area contributed by atoms with Gasteiger partial charge in [-0.25, -0.2) is 4.98 Å². The van der Waals surface area contributed by atoms with Gasteiger partial charge < -0.3 is 0 Å². The molecule has 2 rings (SSSR count). The molecule has 0 N–H and O–H groups in total. The number of allylic oxidation sites excluding steroid dienone is 2. The Morgan fingerprint density at radius 3 is 2.73 bits per heavy atom. The molecule has 1 fully saturated rings. The lowest BCUT2D eigenvalue weighted by atomic mass is 10.0. The fourth-order valence-corrected chi connectivity index (χ4v) is 2.46. The Bertz CT molecular complexity index is 435. The molecule has 1 aromatic rings. The van der Waals surface area contributed by atoms with Crippen molar-refractivity contribution in [3.63, 3.8) is 0 Å². The number of nitrogens with zero attached hydrogens (tertiary/aromatic N) is 3. The van der Waals surface area contributed by atoms with Gasteiger partial charge in [-0.3, -0.25) is 0 Å². The van der Waals surface area contributed by atoms with Crippen molar-refractivity contribution in [3.05, 3.63) is 16.4 Å². The van der Waals surface area contributed by atoms with Crippen molar-refractivity contribution in [2.75, 3.05) is 0 Å². The molecule has 78 valence electrons. The van der Waals surface area contributed by atoms with Crippen molar-refractivity contribution in [1.82, 2.24) is 9.36 Å². The van der Waals surface area contributed by atoms with Crippen LogP contribution in [0.25, 0.3) is 5.57 Å². The summed E-state index contributed by atoms with van der Waals surface area (Å²) in [6.45, 7) is 3.97. The lowest BCUT2D eigenvalue weighted by Gasteiger charge is -2.03. The minimum Gasteiger partial charge on any atom is -0.219 e. The molecule has 1 aliphatic carbocycles. The Hall–Kier alpha value is -1.21. The number of hydrogen-bond acceptors (Lipinski definition) is 4. The van der Waals surface area contributed by atoms with Gasteiger partial charge in [0.05, 0.1) is 5.57 Å². The predicted octanol–water partition coefficient (Wildman–Crippen LogP) is 2.94. The van der Waals surface area contributed by atoms with Crippen LogP contribution in [0.3, 0.4) is 0 Å². The van der Waals surface area contributed by atoms with Gasteiger partial charge in [-0.15, -0.1) is 0 Å². The van der Waals surface area contributed by atoms with Crippen LogP contribution in [0.5, 0.6) is 0 Å². The van der Waals surface area contributed by atoms with Crippen LogP contribution in [0.1, 0.15) is 37.0 Å². The van der Waals surface area contributed by atoms with Crippen LogP contribution < -0.4 is 0 Å². The first-order valence-corrected chi connectivity index (χ1v) is 5.97. The first-order chi connectivity index (χ1) is 7.26. The summed E-state index contributed by atoms with van der Waals surface area (Å²) in [7, 11) is 0. The maximum atomic E-state index is 9.20. The molecule has 0 aromatic carbocycles. The topological polar surface area (TPSA) is 49.6 Å². The second-order valence-corrected chi connectivity index (χ2v) is 4.54. The zero-order chi connectivity index (χ0) is 10.8. The fraction of sp³-hybridized carbons (Fsp3) is 0.545. The maximum absolute atomic E-state index is 9.20. The van der Waals surface area contributed by atoms with Crippen LogP contribution in [-0.2, 0) is 0 Å². The van der Waals surface area contributed by atoms with E-state index in [0.717, 1.165) is 22.8 Å². The van der Waals surface area contributed by atoms with Crippen LogP contribution in [0, 0.1) is 24.2 Å². The molecule has 0 atom stereocenters. The Labute approximate surface area is 93.6 Å². The summed E-state index contributed by atoms with van der Waals surface area (Å²) in [6, 6.07) is 2.29. The average Bonchev–Trinajstić information content (AvgIpc) is 2.98. The molecule has 1 aromatic heterocycles. The van der Waals surface area contributed by atoms with E-state index in [-0.39, 0.29) is 0 Å². The van der Waals surface area contributed by atoms with Crippen molar-refractivity contribution in [2.24, 2.45) is 5.92 Å². The van der Waals surface area contributed by atoms with E-state index in [9.17, 15) is 5.26 Å². The fourth-order valence-electron chi connectivity index (χ4n) is 1.76. The summed E-state index contributed by atoms with van der Waals surface area (Å²) in [5.74, 6) is 1.39. The second-order valence-electron chi connectivity index (χ2n) is 3.79. The largest absolute Gasteiger partial charge is 0.219 e. The first-order valence-electron chi connectivity index (χ1n) is 5.20. The highest BCUT2D eigenvalue weighted by atomic mass is 32.1. The third kappa shape index (κ3) is 2.07. The molecule has 4 heteroatoms. The van der Waals surface area contributed by atoms with Gasteiger partial charge in [0.25, 0.3) is 0 Å². The van der Waals surface area contributed by atoms with Gasteiger partial charge in [0.1, 0.15) is 11.9 Å². The van der Waals surface area contributed by atoms with Gasteiger partial charge in [0.15, 0.2) is 5.01 Å². The molecule has 1 saturated carbocycles. The lowest BCUT2D eigenvalue weighted by Crippen LogP contribution is -1.91. The van der Waals surface area contributed by atoms with E-state index in [0.29, 0.717) is 5.92 Å². The van der Waals surface area contributed by atoms with Crippen molar-refractivity contribution in [3.8, 4) is 6.07 Å². The van der Waals surface area contributed by atoms with Crippen molar-refractivity contribution < 1.29 is 0 Å². The average molecular weight is 219 g/mol. The van der Waals surface area contributed by atoms with Gasteiger partial charge in [-0.2, -0.15) is 9.64 Å². The molecule has 15 heavy (non-hydrogen) atoms. The van der Waals surface area contributed by atoms with Crippen molar-refractivity contribution >= 4 is 17.1 Å². The molecule has 1 aliphatic rings. The molecule has 0 saturated heterocycles. The Morgan fingerprint density at radius 1 is 1.60 bits per heavy atom. The molecule has 0 unspecified atom stereocenters. The quantitative estimate of drug-likeness (QED) is 0.734. The predicted molar refractivity (Wildman–Crippen MR) is 60.2 cm³/mol. The number of rotatable bonds is 3. The number of aryl methyl sites for hydroxylation is 1. The SMILES string of the molecule is CCC(=C(C#N)c1nc(C)ns1)C1CC1. The molecule has 0 bridgehead atoms. The summed E-state index contributed by atoms with van der Waals surface area (Å²) < 4.78 is 4.13. The van der Waals surface area contributed by atoms with E-state index in [2.05, 4.69) is 22.4 Å². The number of hydrogen-bond donors (Lipinski definition) is 0. The van der Waals surface area contributed by atoms with Gasteiger partial charge in [0, 0.05) is 0 Å². The van der Waals surface area contributed by atoms with E-state index >= 15 is 0 Å². The summed E-state index contributed by atoms with van der Waals surface area (Å²) >= 11 is 1.33. The van der Waals surface area contributed by atoms with Crippen LogP contribution in [-0.4, -0.2) is 9.36 Å². The summed E-state index contributed by atoms with van der Waals surface area (Å²) in [5.41, 5.74) is 2.04. The summed E-state index contributed by atoms with van der Waals surface area (Å²) in [4.78, 5) is 4.29. The zero-order valence-corrected chi connectivity index (χ0v) is 9.77. The van der Waals surface area contributed by atoms with Crippen molar-refractivity contribution in [1.29, 1.82) is 5.26 Å². The Morgan fingerprint density at radius 2 is 2.33 bits per heavy atom. The monoisotopic (exact) mass is 219 g/mol. The highest BCUT2D eigenvalue weighted by molar-refractivity contribution is 7.06. The third-order valence-corrected chi connectivity index (χ3v) is 3.45. The minimum absolute atomic E-state index is 0.633. The zero-order valence-electron chi connectivity index (χ0n) is 8.95. The Balaban J connectivity index is 2.41. The number of aromatic nitrogens is 2. The first kappa shape index (κ1) is 10.3. The second kappa shape index (κ2) is 4.11. The molecule has 0 spiro atoms. The standard InChI is InChI=1S/C11H13N3S/c1-3-9(8-4-5-8)10(6-12)11-13-7(2)14-15-11/h8H,3-5H2,1-2H3. The van der Waals surface area contributed by atoms with Crippen molar-refractivity contribution in [2.45, 2.75) is 33.1 Å². The third-order valence-electron chi connectivity index (χ3n) is 2.63. The number of nitriles is 1. The normalized spacial score (nSPS) is 17.1. The van der Waals surface area contributed by atoms with Crippen LogP contribution in [0.4, 0.5) is 0 Å². The van der Waals surface area contributed by atoms with E-state index in [1.54, 1.807) is 0 Å². The van der Waals surface area contributed by atoms with Gasteiger partial charge in [-0.1, -0.05) is 6.92 Å². The molecule has 3 nitrogen and oxygen atoms in total. The van der Waals surface area contributed by atoms with Gasteiger partial charge in [0.2, 0.25) is 0 Å². The lowest BCUT2D eigenvalue weighted by molar-refractivity contribution is 0.917. The van der Waals surface area contributed by atoms with Crippen LogP contribution in [0.2, 0.25) is 0 Å². The van der Waals surface area contributed by atoms with Gasteiger partial charge >= 0.3 is 0 Å². The molecular weight excluding hydrogens is 206 g/mol. The summed E-state index contributed by atoms with van der Waals surface area (Å²) in [6.07, 6.45) is 3.41. The van der Waals surface area contributed by atoms with Crippen LogP contribution in [0.15, 0.2) is 5.57 Å². The highest BCUT2D eigenvalue weighted by Crippen LogP contribution is 2.41. The van der Waals surface area contributed by atoms with E-state index in [1.165, 1.54) is 29.9 Å². The maximum Gasteiger partial charge on any atom is 0.154 e. The van der Waals surface area contributed by atoms with E-state index in [4.69, 9.17) is 0 Å². The smallest absolute Gasteiger partial charge is 0.154 e. The van der Waals surface area contributed by atoms with E-state index in [1.807, 2.05) is 6.92 Å². The molecule has 1 heterocycles.